The van der Waals surface area contributed by atoms with Crippen LogP contribution in [0.5, 0.6) is 5.75 Å². The number of hydrogen-bond acceptors (Lipinski definition) is 3. The standard InChI is InChI=1S/C11H10F3NO3/c1-3-7(2)9-6-8(18-11(12,13)14)4-5-10(9)15(16)17/h3-7H,1H2,2H3. The maximum atomic E-state index is 12.0. The molecule has 4 nitrogen and oxygen atoms in total. The van der Waals surface area contributed by atoms with Crippen LogP contribution in [0.1, 0.15) is 18.4 Å². The number of hydrogen-bond donors (Lipinski definition) is 0. The van der Waals surface area contributed by atoms with Crippen LogP contribution in [0.4, 0.5) is 18.9 Å². The smallest absolute Gasteiger partial charge is 0.406 e. The first-order valence-electron chi connectivity index (χ1n) is 4.91. The SMILES string of the molecule is C=CC(C)c1cc(OC(F)(F)F)ccc1[N+](=O)[O-]. The summed E-state index contributed by atoms with van der Waals surface area (Å²) in [6, 6.07) is 2.89. The first-order valence-corrected chi connectivity index (χ1v) is 4.91. The zero-order chi connectivity index (χ0) is 13.9. The van der Waals surface area contributed by atoms with E-state index in [1.54, 1.807) is 6.92 Å². The first kappa shape index (κ1) is 14.0. The molecule has 1 atom stereocenters. The highest BCUT2D eigenvalue weighted by Gasteiger charge is 2.32. The maximum absolute atomic E-state index is 12.0. The van der Waals surface area contributed by atoms with Gasteiger partial charge in [-0.25, -0.2) is 0 Å². The summed E-state index contributed by atoms with van der Waals surface area (Å²) in [6.45, 7) is 5.05. The van der Waals surface area contributed by atoms with Crippen LogP contribution in [0.2, 0.25) is 0 Å². The number of ether oxygens (including phenoxy) is 1. The summed E-state index contributed by atoms with van der Waals surface area (Å²) in [5, 5.41) is 10.7. The van der Waals surface area contributed by atoms with Crippen molar-refractivity contribution in [2.24, 2.45) is 0 Å². The number of alkyl halides is 3. The Kier molecular flexibility index (Phi) is 3.95. The molecular weight excluding hydrogens is 251 g/mol. The Morgan fingerprint density at radius 3 is 2.56 bits per heavy atom. The van der Waals surface area contributed by atoms with Gasteiger partial charge in [-0.3, -0.25) is 10.1 Å². The number of benzene rings is 1. The zero-order valence-corrected chi connectivity index (χ0v) is 9.40. The molecule has 0 aliphatic rings. The van der Waals surface area contributed by atoms with Crippen LogP contribution in [0.25, 0.3) is 0 Å². The molecule has 0 bridgehead atoms. The highest BCUT2D eigenvalue weighted by Crippen LogP contribution is 2.32. The molecule has 0 radical (unpaired) electrons. The molecule has 1 aromatic carbocycles. The van der Waals surface area contributed by atoms with Crippen LogP contribution in [0.15, 0.2) is 30.9 Å². The van der Waals surface area contributed by atoms with Gasteiger partial charge in [0.25, 0.3) is 5.69 Å². The maximum Gasteiger partial charge on any atom is 0.573 e. The lowest BCUT2D eigenvalue weighted by Crippen LogP contribution is -2.17. The second-order valence-electron chi connectivity index (χ2n) is 3.55. The minimum Gasteiger partial charge on any atom is -0.406 e. The number of nitro benzene ring substituents is 1. The number of nitro groups is 1. The van der Waals surface area contributed by atoms with Crippen LogP contribution in [-0.2, 0) is 0 Å². The number of halogens is 3. The fourth-order valence-electron chi connectivity index (χ4n) is 1.39. The fourth-order valence-corrected chi connectivity index (χ4v) is 1.39. The third-order valence-electron chi connectivity index (χ3n) is 2.27. The Hall–Kier alpha value is -2.05. The van der Waals surface area contributed by atoms with E-state index in [0.717, 1.165) is 18.2 Å². The average molecular weight is 261 g/mol. The van der Waals surface area contributed by atoms with Gasteiger partial charge in [0.2, 0.25) is 0 Å². The lowest BCUT2D eigenvalue weighted by molar-refractivity contribution is -0.385. The molecule has 0 aliphatic carbocycles. The van der Waals surface area contributed by atoms with E-state index in [1.807, 2.05) is 0 Å². The third-order valence-corrected chi connectivity index (χ3v) is 2.27. The van der Waals surface area contributed by atoms with Gasteiger partial charge in [0.05, 0.1) is 4.92 Å². The van der Waals surface area contributed by atoms with Crippen LogP contribution in [-0.4, -0.2) is 11.3 Å². The minimum absolute atomic E-state index is 0.122. The Morgan fingerprint density at radius 2 is 2.11 bits per heavy atom. The minimum atomic E-state index is -4.83. The topological polar surface area (TPSA) is 52.4 Å². The van der Waals surface area contributed by atoms with E-state index in [0.29, 0.717) is 0 Å². The van der Waals surface area contributed by atoms with Gasteiger partial charge in [0.15, 0.2) is 0 Å². The van der Waals surface area contributed by atoms with Crippen molar-refractivity contribution >= 4 is 5.69 Å². The number of allylic oxidation sites excluding steroid dienone is 1. The molecule has 1 unspecified atom stereocenters. The van der Waals surface area contributed by atoms with Crippen molar-refractivity contribution in [1.29, 1.82) is 0 Å². The van der Waals surface area contributed by atoms with E-state index >= 15 is 0 Å². The molecule has 0 amide bonds. The molecule has 0 aliphatic heterocycles. The van der Waals surface area contributed by atoms with Gasteiger partial charge in [0, 0.05) is 17.5 Å². The first-order chi connectivity index (χ1) is 8.24. The van der Waals surface area contributed by atoms with E-state index in [1.165, 1.54) is 6.08 Å². The summed E-state index contributed by atoms with van der Waals surface area (Å²) in [5.41, 5.74) is -0.145. The summed E-state index contributed by atoms with van der Waals surface area (Å²) in [4.78, 5) is 10.1. The molecule has 0 fully saturated rings. The summed E-state index contributed by atoms with van der Waals surface area (Å²) >= 11 is 0. The van der Waals surface area contributed by atoms with Gasteiger partial charge in [0.1, 0.15) is 5.75 Å². The Balaban J connectivity index is 3.21. The molecule has 0 heterocycles. The quantitative estimate of drug-likeness (QED) is 0.470. The van der Waals surface area contributed by atoms with Crippen molar-refractivity contribution in [3.63, 3.8) is 0 Å². The lowest BCUT2D eigenvalue weighted by atomic mass is 9.99. The molecule has 0 spiro atoms. The van der Waals surface area contributed by atoms with Gasteiger partial charge >= 0.3 is 6.36 Å². The van der Waals surface area contributed by atoms with E-state index in [-0.39, 0.29) is 11.3 Å². The van der Waals surface area contributed by atoms with E-state index in [4.69, 9.17) is 0 Å². The number of nitrogens with zero attached hydrogens (tertiary/aromatic N) is 1. The van der Waals surface area contributed by atoms with Crippen molar-refractivity contribution in [2.75, 3.05) is 0 Å². The van der Waals surface area contributed by atoms with Gasteiger partial charge < -0.3 is 4.74 Å². The Morgan fingerprint density at radius 1 is 1.50 bits per heavy atom. The molecule has 18 heavy (non-hydrogen) atoms. The highest BCUT2D eigenvalue weighted by atomic mass is 19.4. The summed E-state index contributed by atoms with van der Waals surface area (Å²) < 4.78 is 39.8. The average Bonchev–Trinajstić information content (AvgIpc) is 2.25. The summed E-state index contributed by atoms with van der Waals surface area (Å²) in [5.74, 6) is -0.945. The summed E-state index contributed by atoms with van der Waals surface area (Å²) in [6.07, 6.45) is -3.43. The van der Waals surface area contributed by atoms with Gasteiger partial charge in [-0.1, -0.05) is 13.0 Å². The van der Waals surface area contributed by atoms with Gasteiger partial charge in [-0.15, -0.1) is 19.8 Å². The van der Waals surface area contributed by atoms with Crippen molar-refractivity contribution < 1.29 is 22.8 Å². The largest absolute Gasteiger partial charge is 0.573 e. The molecule has 0 saturated carbocycles. The van der Waals surface area contributed by atoms with E-state index in [9.17, 15) is 23.3 Å². The second kappa shape index (κ2) is 5.07. The normalized spacial score (nSPS) is 12.9. The highest BCUT2D eigenvalue weighted by molar-refractivity contribution is 5.48. The predicted octanol–water partition coefficient (Wildman–Crippen LogP) is 3.78. The molecule has 1 aromatic rings. The molecule has 0 saturated heterocycles. The second-order valence-corrected chi connectivity index (χ2v) is 3.55. The monoisotopic (exact) mass is 261 g/mol. The predicted molar refractivity (Wildman–Crippen MR) is 58.4 cm³/mol. The molecule has 0 aromatic heterocycles. The van der Waals surface area contributed by atoms with Gasteiger partial charge in [-0.2, -0.15) is 0 Å². The number of rotatable bonds is 4. The zero-order valence-electron chi connectivity index (χ0n) is 9.40. The lowest BCUT2D eigenvalue weighted by Gasteiger charge is -2.12. The molecule has 7 heteroatoms. The van der Waals surface area contributed by atoms with Crippen LogP contribution < -0.4 is 4.74 Å². The van der Waals surface area contributed by atoms with Crippen molar-refractivity contribution in [2.45, 2.75) is 19.2 Å². The Labute approximate surface area is 101 Å². The van der Waals surface area contributed by atoms with E-state index in [2.05, 4.69) is 11.3 Å². The van der Waals surface area contributed by atoms with Crippen LogP contribution in [0, 0.1) is 10.1 Å². The molecule has 1 rings (SSSR count). The molecular formula is C11H10F3NO3. The van der Waals surface area contributed by atoms with Crippen molar-refractivity contribution in [1.82, 2.24) is 0 Å². The van der Waals surface area contributed by atoms with Crippen molar-refractivity contribution in [3.05, 3.63) is 46.5 Å². The molecule has 0 N–H and O–H groups in total. The molecule has 98 valence electrons. The Bertz CT molecular complexity index is 471. The fraction of sp³-hybridized carbons (Fsp3) is 0.273. The van der Waals surface area contributed by atoms with Crippen LogP contribution >= 0.6 is 0 Å². The van der Waals surface area contributed by atoms with Crippen LogP contribution in [0.3, 0.4) is 0 Å². The summed E-state index contributed by atoms with van der Waals surface area (Å²) in [7, 11) is 0. The third kappa shape index (κ3) is 3.47. The van der Waals surface area contributed by atoms with Crippen molar-refractivity contribution in [3.8, 4) is 5.75 Å². The van der Waals surface area contributed by atoms with E-state index < -0.39 is 23.0 Å². The van der Waals surface area contributed by atoms with Gasteiger partial charge in [-0.05, 0) is 12.1 Å².